The Bertz CT molecular complexity index is 495. The van der Waals surface area contributed by atoms with Crippen LogP contribution in [0.15, 0.2) is 29.2 Å². The van der Waals surface area contributed by atoms with E-state index in [1.165, 1.54) is 18.9 Å². The average Bonchev–Trinajstić information content (AvgIpc) is 3.09. The molecule has 0 bridgehead atoms. The summed E-state index contributed by atoms with van der Waals surface area (Å²) in [6.45, 7) is 3.03. The molecular weight excluding hydrogens is 236 g/mol. The maximum Gasteiger partial charge on any atom is 0.238 e. The molecule has 17 heavy (non-hydrogen) atoms. The standard InChI is InChI=1S/C12H18N2O2S/c1-9(14-8-10-5-6-10)11-3-2-4-12(7-11)17(13,15)16/h2-4,7,9-10,14H,5-6,8H2,1H3,(H2,13,15,16). The number of primary sulfonamides is 1. The summed E-state index contributed by atoms with van der Waals surface area (Å²) < 4.78 is 22.5. The molecule has 1 fully saturated rings. The second kappa shape index (κ2) is 4.76. The van der Waals surface area contributed by atoms with Crippen LogP contribution in [-0.2, 0) is 10.0 Å². The molecule has 1 aliphatic carbocycles. The van der Waals surface area contributed by atoms with E-state index in [9.17, 15) is 8.42 Å². The van der Waals surface area contributed by atoms with Gasteiger partial charge in [0.2, 0.25) is 10.0 Å². The molecule has 1 aliphatic rings. The predicted octanol–water partition coefficient (Wildman–Crippen LogP) is 1.39. The van der Waals surface area contributed by atoms with Crippen LogP contribution in [0.4, 0.5) is 0 Å². The molecule has 5 heteroatoms. The van der Waals surface area contributed by atoms with E-state index in [0.717, 1.165) is 18.0 Å². The van der Waals surface area contributed by atoms with E-state index in [0.29, 0.717) is 0 Å². The molecule has 0 spiro atoms. The zero-order valence-electron chi connectivity index (χ0n) is 9.89. The Morgan fingerprint density at radius 2 is 2.18 bits per heavy atom. The molecule has 1 aromatic carbocycles. The number of sulfonamides is 1. The van der Waals surface area contributed by atoms with Crippen molar-refractivity contribution in [2.75, 3.05) is 6.54 Å². The van der Waals surface area contributed by atoms with Gasteiger partial charge in [-0.3, -0.25) is 0 Å². The topological polar surface area (TPSA) is 72.2 Å². The molecule has 3 N–H and O–H groups in total. The summed E-state index contributed by atoms with van der Waals surface area (Å²) in [6, 6.07) is 6.95. The van der Waals surface area contributed by atoms with Crippen LogP contribution in [0.5, 0.6) is 0 Å². The van der Waals surface area contributed by atoms with Crippen molar-refractivity contribution in [2.24, 2.45) is 11.1 Å². The van der Waals surface area contributed by atoms with Gasteiger partial charge in [0.15, 0.2) is 0 Å². The summed E-state index contributed by atoms with van der Waals surface area (Å²) in [5.41, 5.74) is 0.956. The van der Waals surface area contributed by atoms with Crippen molar-refractivity contribution in [3.8, 4) is 0 Å². The van der Waals surface area contributed by atoms with Crippen LogP contribution in [0.25, 0.3) is 0 Å². The molecule has 1 aromatic rings. The SMILES string of the molecule is CC(NCC1CC1)c1cccc(S(N)(=O)=O)c1. The van der Waals surface area contributed by atoms with Gasteiger partial charge in [-0.25, -0.2) is 13.6 Å². The van der Waals surface area contributed by atoms with E-state index in [4.69, 9.17) is 5.14 Å². The van der Waals surface area contributed by atoms with Gasteiger partial charge in [-0.1, -0.05) is 12.1 Å². The Kier molecular flexibility index (Phi) is 3.51. The predicted molar refractivity (Wildman–Crippen MR) is 67.0 cm³/mol. The smallest absolute Gasteiger partial charge is 0.238 e. The molecule has 1 atom stereocenters. The van der Waals surface area contributed by atoms with Crippen LogP contribution < -0.4 is 10.5 Å². The number of nitrogens with one attached hydrogen (secondary N) is 1. The molecule has 4 nitrogen and oxygen atoms in total. The minimum atomic E-state index is -3.61. The number of benzene rings is 1. The zero-order chi connectivity index (χ0) is 12.5. The molecule has 2 rings (SSSR count). The average molecular weight is 254 g/mol. The van der Waals surface area contributed by atoms with Crippen LogP contribution in [0.3, 0.4) is 0 Å². The minimum Gasteiger partial charge on any atom is -0.310 e. The van der Waals surface area contributed by atoms with Crippen LogP contribution in [0, 0.1) is 5.92 Å². The maximum absolute atomic E-state index is 11.2. The van der Waals surface area contributed by atoms with Crippen LogP contribution in [-0.4, -0.2) is 15.0 Å². The largest absolute Gasteiger partial charge is 0.310 e. The highest BCUT2D eigenvalue weighted by Gasteiger charge is 2.21. The summed E-state index contributed by atoms with van der Waals surface area (Å²) in [4.78, 5) is 0.176. The Labute approximate surface area is 102 Å². The first kappa shape index (κ1) is 12.5. The fourth-order valence-electron chi connectivity index (χ4n) is 1.74. The molecule has 0 saturated heterocycles. The van der Waals surface area contributed by atoms with Gasteiger partial charge in [-0.05, 0) is 49.9 Å². The Morgan fingerprint density at radius 1 is 1.47 bits per heavy atom. The summed E-state index contributed by atoms with van der Waals surface area (Å²) in [7, 11) is -3.61. The molecular formula is C12H18N2O2S. The highest BCUT2D eigenvalue weighted by Crippen LogP contribution is 2.28. The van der Waals surface area contributed by atoms with E-state index in [1.54, 1.807) is 12.1 Å². The van der Waals surface area contributed by atoms with E-state index < -0.39 is 10.0 Å². The van der Waals surface area contributed by atoms with Gasteiger partial charge in [-0.2, -0.15) is 0 Å². The number of nitrogens with two attached hydrogens (primary N) is 1. The van der Waals surface area contributed by atoms with Gasteiger partial charge in [0, 0.05) is 6.04 Å². The lowest BCUT2D eigenvalue weighted by Crippen LogP contribution is -2.21. The highest BCUT2D eigenvalue weighted by molar-refractivity contribution is 7.89. The lowest BCUT2D eigenvalue weighted by molar-refractivity contribution is 0.547. The fourth-order valence-corrected chi connectivity index (χ4v) is 2.31. The van der Waals surface area contributed by atoms with E-state index >= 15 is 0 Å². The van der Waals surface area contributed by atoms with Crippen molar-refractivity contribution >= 4 is 10.0 Å². The number of hydrogen-bond donors (Lipinski definition) is 2. The lowest BCUT2D eigenvalue weighted by atomic mass is 10.1. The molecule has 0 aromatic heterocycles. The summed E-state index contributed by atoms with van der Waals surface area (Å²) >= 11 is 0. The molecule has 1 unspecified atom stereocenters. The van der Waals surface area contributed by atoms with Crippen molar-refractivity contribution < 1.29 is 8.42 Å². The quantitative estimate of drug-likeness (QED) is 0.834. The number of rotatable bonds is 5. The van der Waals surface area contributed by atoms with Gasteiger partial charge in [0.25, 0.3) is 0 Å². The molecule has 94 valence electrons. The molecule has 1 saturated carbocycles. The van der Waals surface area contributed by atoms with Crippen molar-refractivity contribution in [3.63, 3.8) is 0 Å². The van der Waals surface area contributed by atoms with Crippen molar-refractivity contribution in [3.05, 3.63) is 29.8 Å². The number of hydrogen-bond acceptors (Lipinski definition) is 3. The molecule has 0 radical (unpaired) electrons. The molecule has 0 aliphatic heterocycles. The van der Waals surface area contributed by atoms with Crippen molar-refractivity contribution in [2.45, 2.75) is 30.7 Å². The van der Waals surface area contributed by atoms with Gasteiger partial charge in [0.05, 0.1) is 4.90 Å². The lowest BCUT2D eigenvalue weighted by Gasteiger charge is -2.14. The molecule has 0 heterocycles. The van der Waals surface area contributed by atoms with Crippen molar-refractivity contribution in [1.82, 2.24) is 5.32 Å². The first-order valence-electron chi connectivity index (χ1n) is 5.83. The Hall–Kier alpha value is -0.910. The highest BCUT2D eigenvalue weighted by atomic mass is 32.2. The third-order valence-corrected chi connectivity index (χ3v) is 4.01. The van der Waals surface area contributed by atoms with E-state index in [-0.39, 0.29) is 10.9 Å². The third-order valence-electron chi connectivity index (χ3n) is 3.10. The van der Waals surface area contributed by atoms with Crippen LogP contribution >= 0.6 is 0 Å². The van der Waals surface area contributed by atoms with Crippen LogP contribution in [0.1, 0.15) is 31.4 Å². The zero-order valence-corrected chi connectivity index (χ0v) is 10.7. The van der Waals surface area contributed by atoms with Gasteiger partial charge in [-0.15, -0.1) is 0 Å². The Balaban J connectivity index is 2.08. The first-order chi connectivity index (χ1) is 7.97. The molecule has 0 amide bonds. The van der Waals surface area contributed by atoms with Crippen LogP contribution in [0.2, 0.25) is 0 Å². The monoisotopic (exact) mass is 254 g/mol. The second-order valence-electron chi connectivity index (χ2n) is 4.69. The van der Waals surface area contributed by atoms with Gasteiger partial charge < -0.3 is 5.32 Å². The van der Waals surface area contributed by atoms with Gasteiger partial charge in [0.1, 0.15) is 0 Å². The normalized spacial score (nSPS) is 18.0. The second-order valence-corrected chi connectivity index (χ2v) is 6.25. The van der Waals surface area contributed by atoms with E-state index in [1.807, 2.05) is 13.0 Å². The first-order valence-corrected chi connectivity index (χ1v) is 7.37. The summed E-state index contributed by atoms with van der Waals surface area (Å²) in [5.74, 6) is 0.805. The maximum atomic E-state index is 11.2. The van der Waals surface area contributed by atoms with Crippen molar-refractivity contribution in [1.29, 1.82) is 0 Å². The Morgan fingerprint density at radius 3 is 2.76 bits per heavy atom. The fraction of sp³-hybridized carbons (Fsp3) is 0.500. The van der Waals surface area contributed by atoms with E-state index in [2.05, 4.69) is 5.32 Å². The third kappa shape index (κ3) is 3.52. The summed E-state index contributed by atoms with van der Waals surface area (Å²) in [6.07, 6.45) is 2.61. The van der Waals surface area contributed by atoms with Gasteiger partial charge >= 0.3 is 0 Å². The summed E-state index contributed by atoms with van der Waals surface area (Å²) in [5, 5.41) is 8.51. The minimum absolute atomic E-state index is 0.150.